The zero-order valence-electron chi connectivity index (χ0n) is 14.3. The van der Waals surface area contributed by atoms with Crippen LogP contribution < -0.4 is 4.72 Å². The Morgan fingerprint density at radius 2 is 1.52 bits per heavy atom. The molecule has 1 heterocycles. The lowest BCUT2D eigenvalue weighted by molar-refractivity contribution is -0.143. The molecule has 11 heteroatoms. The highest BCUT2D eigenvalue weighted by molar-refractivity contribution is 7.89. The topological polar surface area (TPSA) is 59.1 Å². The molecule has 0 spiro atoms. The first-order chi connectivity index (χ1) is 13.4. The number of sulfonamides is 1. The number of aromatic nitrogens is 1. The molecule has 0 atom stereocenters. The molecule has 0 aliphatic carbocycles. The van der Waals surface area contributed by atoms with Crippen LogP contribution in [0.25, 0.3) is 10.8 Å². The molecule has 0 fully saturated rings. The summed E-state index contributed by atoms with van der Waals surface area (Å²) < 4.78 is 105. The molecule has 3 rings (SSSR count). The maximum Gasteiger partial charge on any atom is 0.416 e. The Bertz CT molecular complexity index is 1120. The van der Waals surface area contributed by atoms with Crippen molar-refractivity contribution >= 4 is 20.8 Å². The van der Waals surface area contributed by atoms with Gasteiger partial charge in [-0.3, -0.25) is 4.98 Å². The molecule has 0 saturated heterocycles. The Kier molecular flexibility index (Phi) is 5.30. The Morgan fingerprint density at radius 3 is 2.10 bits per heavy atom. The van der Waals surface area contributed by atoms with Gasteiger partial charge in [0.15, 0.2) is 0 Å². The Labute approximate surface area is 161 Å². The minimum atomic E-state index is -5.02. The molecular weight excluding hydrogens is 422 g/mol. The van der Waals surface area contributed by atoms with E-state index in [0.29, 0.717) is 22.9 Å². The molecule has 0 radical (unpaired) electrons. The van der Waals surface area contributed by atoms with Crippen molar-refractivity contribution in [1.82, 2.24) is 9.71 Å². The molecule has 1 N–H and O–H groups in total. The van der Waals surface area contributed by atoms with E-state index in [4.69, 9.17) is 0 Å². The normalized spacial score (nSPS) is 13.0. The molecule has 3 aromatic rings. The number of nitrogens with zero attached hydrogens (tertiary/aromatic N) is 1. The van der Waals surface area contributed by atoms with Crippen LogP contribution in [0.4, 0.5) is 26.3 Å². The molecule has 29 heavy (non-hydrogen) atoms. The number of hydrogen-bond donors (Lipinski definition) is 1. The van der Waals surface area contributed by atoms with Gasteiger partial charge in [0.05, 0.1) is 16.0 Å². The van der Waals surface area contributed by atoms with Crippen molar-refractivity contribution in [1.29, 1.82) is 0 Å². The van der Waals surface area contributed by atoms with Crippen molar-refractivity contribution in [3.05, 3.63) is 71.5 Å². The number of nitrogens with one attached hydrogen (secondary N) is 1. The van der Waals surface area contributed by atoms with Gasteiger partial charge in [-0.15, -0.1) is 0 Å². The molecule has 2 aromatic carbocycles. The van der Waals surface area contributed by atoms with Gasteiger partial charge in [0, 0.05) is 29.7 Å². The maximum atomic E-state index is 12.9. The number of hydrogen-bond acceptors (Lipinski definition) is 3. The van der Waals surface area contributed by atoms with E-state index in [9.17, 15) is 34.8 Å². The van der Waals surface area contributed by atoms with Crippen LogP contribution in [0.3, 0.4) is 0 Å². The van der Waals surface area contributed by atoms with E-state index in [2.05, 4.69) is 9.71 Å². The summed E-state index contributed by atoms with van der Waals surface area (Å²) in [4.78, 5) is 3.70. The van der Waals surface area contributed by atoms with Gasteiger partial charge in [-0.25, -0.2) is 13.1 Å². The number of rotatable bonds is 4. The summed E-state index contributed by atoms with van der Waals surface area (Å²) in [7, 11) is -4.22. The number of pyridine rings is 1. The second kappa shape index (κ2) is 7.30. The van der Waals surface area contributed by atoms with Crippen LogP contribution >= 0.6 is 0 Å². The number of alkyl halides is 6. The first-order valence-electron chi connectivity index (χ1n) is 7.99. The lowest BCUT2D eigenvalue weighted by Crippen LogP contribution is -2.24. The second-order valence-corrected chi connectivity index (χ2v) is 7.83. The van der Waals surface area contributed by atoms with Gasteiger partial charge < -0.3 is 0 Å². The first kappa shape index (κ1) is 21.1. The minimum Gasteiger partial charge on any atom is -0.264 e. The van der Waals surface area contributed by atoms with Gasteiger partial charge in [-0.05, 0) is 35.9 Å². The van der Waals surface area contributed by atoms with Crippen LogP contribution in [-0.2, 0) is 28.9 Å². The highest BCUT2D eigenvalue weighted by Crippen LogP contribution is 2.36. The van der Waals surface area contributed by atoms with E-state index in [1.165, 1.54) is 30.6 Å². The molecule has 154 valence electrons. The first-order valence-corrected chi connectivity index (χ1v) is 9.47. The summed E-state index contributed by atoms with van der Waals surface area (Å²) in [5.41, 5.74) is -3.51. The van der Waals surface area contributed by atoms with Crippen LogP contribution in [0, 0.1) is 0 Å². The zero-order valence-corrected chi connectivity index (χ0v) is 15.2. The Hall–Kier alpha value is -2.66. The molecule has 0 amide bonds. The van der Waals surface area contributed by atoms with E-state index >= 15 is 0 Å². The average molecular weight is 434 g/mol. The molecule has 1 aromatic heterocycles. The standard InChI is InChI=1S/C18H12F6N2O2S/c19-17(20,21)13-6-11(7-14(8-13)18(22,23)24)9-26-29(27,28)16-3-1-2-12-10-25-5-4-15(12)16/h1-8,10,26H,9H2. The molecule has 4 nitrogen and oxygen atoms in total. The summed E-state index contributed by atoms with van der Waals surface area (Å²) in [6.07, 6.45) is -7.24. The Morgan fingerprint density at radius 1 is 0.897 bits per heavy atom. The maximum absolute atomic E-state index is 12.9. The highest BCUT2D eigenvalue weighted by Gasteiger charge is 2.37. The average Bonchev–Trinajstić information content (AvgIpc) is 2.64. The third-order valence-corrected chi connectivity index (χ3v) is 5.50. The van der Waals surface area contributed by atoms with E-state index in [1.807, 2.05) is 0 Å². The predicted octanol–water partition coefficient (Wildman–Crippen LogP) is 4.75. The van der Waals surface area contributed by atoms with Crippen molar-refractivity contribution in [3.63, 3.8) is 0 Å². The quantitative estimate of drug-likeness (QED) is 0.603. The van der Waals surface area contributed by atoms with Crippen molar-refractivity contribution in [2.24, 2.45) is 0 Å². The second-order valence-electron chi connectivity index (χ2n) is 6.09. The molecule has 0 bridgehead atoms. The summed E-state index contributed by atoms with van der Waals surface area (Å²) in [6, 6.07) is 6.72. The fraction of sp³-hybridized carbons (Fsp3) is 0.167. The van der Waals surface area contributed by atoms with Crippen LogP contribution in [0.2, 0.25) is 0 Å². The van der Waals surface area contributed by atoms with Gasteiger partial charge in [-0.2, -0.15) is 26.3 Å². The summed E-state index contributed by atoms with van der Waals surface area (Å²) in [6.45, 7) is -0.753. The molecular formula is C18H12F6N2O2S. The van der Waals surface area contributed by atoms with Gasteiger partial charge in [-0.1, -0.05) is 12.1 Å². The third-order valence-electron chi connectivity index (χ3n) is 4.04. The monoisotopic (exact) mass is 434 g/mol. The van der Waals surface area contributed by atoms with E-state index < -0.39 is 45.6 Å². The van der Waals surface area contributed by atoms with Gasteiger partial charge >= 0.3 is 12.4 Å². The highest BCUT2D eigenvalue weighted by atomic mass is 32.2. The fourth-order valence-electron chi connectivity index (χ4n) is 2.70. The van der Waals surface area contributed by atoms with E-state index in [1.54, 1.807) is 6.07 Å². The minimum absolute atomic E-state index is 0.0182. The number of benzene rings is 2. The van der Waals surface area contributed by atoms with Gasteiger partial charge in [0.25, 0.3) is 0 Å². The van der Waals surface area contributed by atoms with Crippen LogP contribution in [0.5, 0.6) is 0 Å². The summed E-state index contributed by atoms with van der Waals surface area (Å²) >= 11 is 0. The lowest BCUT2D eigenvalue weighted by Gasteiger charge is -2.15. The van der Waals surface area contributed by atoms with Crippen LogP contribution in [-0.4, -0.2) is 13.4 Å². The Balaban J connectivity index is 1.96. The fourth-order valence-corrected chi connectivity index (χ4v) is 3.95. The SMILES string of the molecule is O=S(=O)(NCc1cc(C(F)(F)F)cc(C(F)(F)F)c1)c1cccc2cnccc12. The zero-order chi connectivity index (χ0) is 21.4. The van der Waals surface area contributed by atoms with Crippen molar-refractivity contribution in [2.45, 2.75) is 23.8 Å². The number of halogens is 6. The van der Waals surface area contributed by atoms with Crippen molar-refractivity contribution in [2.75, 3.05) is 0 Å². The smallest absolute Gasteiger partial charge is 0.264 e. The van der Waals surface area contributed by atoms with Crippen LogP contribution in [0.1, 0.15) is 16.7 Å². The van der Waals surface area contributed by atoms with E-state index in [0.717, 1.165) is 0 Å². The lowest BCUT2D eigenvalue weighted by atomic mass is 10.0. The van der Waals surface area contributed by atoms with Crippen LogP contribution in [0.15, 0.2) is 59.8 Å². The predicted molar refractivity (Wildman–Crippen MR) is 92.2 cm³/mol. The van der Waals surface area contributed by atoms with Crippen molar-refractivity contribution in [3.8, 4) is 0 Å². The number of fused-ring (bicyclic) bond motifs is 1. The summed E-state index contributed by atoms with van der Waals surface area (Å²) in [5, 5.41) is 0.823. The summed E-state index contributed by atoms with van der Waals surface area (Å²) in [5.74, 6) is 0. The third kappa shape index (κ3) is 4.67. The van der Waals surface area contributed by atoms with Gasteiger partial charge in [0.1, 0.15) is 0 Å². The molecule has 0 saturated carbocycles. The van der Waals surface area contributed by atoms with E-state index in [-0.39, 0.29) is 11.0 Å². The molecule has 0 unspecified atom stereocenters. The molecule has 0 aliphatic heterocycles. The molecule has 0 aliphatic rings. The van der Waals surface area contributed by atoms with Crippen molar-refractivity contribution < 1.29 is 34.8 Å². The van der Waals surface area contributed by atoms with Gasteiger partial charge in [0.2, 0.25) is 10.0 Å². The largest absolute Gasteiger partial charge is 0.416 e.